The molecule has 0 spiro atoms. The Morgan fingerprint density at radius 3 is 2.63 bits per heavy atom. The molecule has 1 fully saturated rings. The Balaban J connectivity index is 1.71. The summed E-state index contributed by atoms with van der Waals surface area (Å²) in [6.07, 6.45) is 2.24. The van der Waals surface area contributed by atoms with E-state index in [2.05, 4.69) is 12.3 Å². The van der Waals surface area contributed by atoms with E-state index in [1.165, 1.54) is 42.5 Å². The number of pyridine rings is 1. The van der Waals surface area contributed by atoms with E-state index in [4.69, 9.17) is 0 Å². The quantitative estimate of drug-likeness (QED) is 0.444. The van der Waals surface area contributed by atoms with Gasteiger partial charge < -0.3 is 0 Å². The topological polar surface area (TPSA) is 65.4 Å². The van der Waals surface area contributed by atoms with Gasteiger partial charge in [0.1, 0.15) is 5.82 Å². The molecule has 1 saturated carbocycles. The van der Waals surface area contributed by atoms with Crippen molar-refractivity contribution in [1.29, 1.82) is 0 Å². The van der Waals surface area contributed by atoms with E-state index in [1.807, 2.05) is 6.07 Å². The zero-order valence-corrected chi connectivity index (χ0v) is 18.2. The van der Waals surface area contributed by atoms with Crippen LogP contribution < -0.4 is 5.56 Å². The number of fused-ring (bicyclic) bond motifs is 1. The first-order valence-electron chi connectivity index (χ1n) is 9.25. The monoisotopic (exact) mass is 467 g/mol. The van der Waals surface area contributed by atoms with E-state index in [0.717, 1.165) is 18.4 Å². The summed E-state index contributed by atoms with van der Waals surface area (Å²) in [6, 6.07) is 13.5. The predicted octanol–water partition coefficient (Wildman–Crippen LogP) is 5.96. The van der Waals surface area contributed by atoms with E-state index in [9.17, 15) is 21.8 Å². The van der Waals surface area contributed by atoms with E-state index in [0.29, 0.717) is 17.3 Å². The van der Waals surface area contributed by atoms with Crippen LogP contribution in [0.2, 0.25) is 0 Å². The van der Waals surface area contributed by atoms with Crippen LogP contribution in [0.4, 0.5) is 8.59 Å². The molecule has 30 heavy (non-hydrogen) atoms. The van der Waals surface area contributed by atoms with Crippen LogP contribution in [0.15, 0.2) is 64.3 Å². The summed E-state index contributed by atoms with van der Waals surface area (Å²) in [5.74, 6) is -0.146. The van der Waals surface area contributed by atoms with E-state index < -0.39 is 17.7 Å². The number of hydrogen-bond donors (Lipinski definition) is 0. The summed E-state index contributed by atoms with van der Waals surface area (Å²) >= 11 is 0. The fourth-order valence-electron chi connectivity index (χ4n) is 4.16. The zero-order valence-electron chi connectivity index (χ0n) is 15.6. The average Bonchev–Trinajstić information content (AvgIpc) is 3.16. The maximum absolute atomic E-state index is 13.6. The molecule has 1 heterocycles. The van der Waals surface area contributed by atoms with Gasteiger partial charge in [0.15, 0.2) is 0 Å². The first kappa shape index (κ1) is 21.4. The van der Waals surface area contributed by atoms with Gasteiger partial charge in [-0.15, -0.1) is 0 Å². The standard InChI is InChI=1S/C20H17F2NO4P2S/c21-16-3-1-2-13(10-16)14-4-6-17(11-14)23-19-8-7-18(30(25,26)27-29(22)28)12-15(19)5-9-20(23)24/h1-3,5,7-10,12,14,17H,4,6,11H2. The van der Waals surface area contributed by atoms with Crippen molar-refractivity contribution in [3.63, 3.8) is 0 Å². The SMILES string of the molecule is O=c1ccc2cc(S(=O)(=O)OP(F)#P)ccc2n1C1CCC(c2cccc(F)c2)C1. The molecule has 0 amide bonds. The minimum absolute atomic E-state index is 0.0932. The number of nitrogens with zero attached hydrogens (tertiary/aromatic N) is 1. The van der Waals surface area contributed by atoms with Crippen LogP contribution in [0.5, 0.6) is 0 Å². The second kappa shape index (κ2) is 8.35. The second-order valence-electron chi connectivity index (χ2n) is 7.24. The fourth-order valence-corrected chi connectivity index (χ4v) is 6.45. The summed E-state index contributed by atoms with van der Waals surface area (Å²) < 4.78 is 56.8. The maximum atomic E-state index is 13.6. The number of hydrogen-bond acceptors (Lipinski definition) is 4. The van der Waals surface area contributed by atoms with Crippen LogP contribution in [0, 0.1) is 5.82 Å². The van der Waals surface area contributed by atoms with Crippen LogP contribution in [0.1, 0.15) is 36.8 Å². The summed E-state index contributed by atoms with van der Waals surface area (Å²) in [5.41, 5.74) is 1.30. The van der Waals surface area contributed by atoms with E-state index in [1.54, 1.807) is 10.6 Å². The Morgan fingerprint density at radius 1 is 1.10 bits per heavy atom. The van der Waals surface area contributed by atoms with Crippen molar-refractivity contribution in [2.45, 2.75) is 36.1 Å². The van der Waals surface area contributed by atoms with Crippen molar-refractivity contribution in [1.82, 2.24) is 4.57 Å². The number of benzene rings is 2. The van der Waals surface area contributed by atoms with Crippen LogP contribution >= 0.6 is 15.9 Å². The molecule has 0 bridgehead atoms. The molecule has 1 aliphatic rings. The summed E-state index contributed by atoms with van der Waals surface area (Å²) in [6.45, 7) is 0. The van der Waals surface area contributed by atoms with Gasteiger partial charge in [-0.2, -0.15) is 0 Å². The summed E-state index contributed by atoms with van der Waals surface area (Å²) in [5, 5.41) is 0.524. The Bertz CT molecular complexity index is 1360. The molecular formula is C20H17F2NO4P2S. The molecule has 5 nitrogen and oxygen atoms in total. The molecule has 3 aromatic rings. The second-order valence-corrected chi connectivity index (χ2v) is 10.6. The van der Waals surface area contributed by atoms with Crippen molar-refractivity contribution in [2.24, 2.45) is 0 Å². The van der Waals surface area contributed by atoms with Gasteiger partial charge in [0.2, 0.25) is 0 Å². The van der Waals surface area contributed by atoms with Crippen molar-refractivity contribution < 1.29 is 21.0 Å². The average molecular weight is 467 g/mol. The van der Waals surface area contributed by atoms with Gasteiger partial charge in [0.05, 0.1) is 0 Å². The predicted molar refractivity (Wildman–Crippen MR) is 113 cm³/mol. The fraction of sp³-hybridized carbons (Fsp3) is 0.250. The molecule has 3 unspecified atom stereocenters. The third-order valence-corrected chi connectivity index (χ3v) is 8.15. The zero-order chi connectivity index (χ0) is 21.5. The van der Waals surface area contributed by atoms with Crippen LogP contribution in [0.3, 0.4) is 0 Å². The third-order valence-electron chi connectivity index (χ3n) is 5.44. The van der Waals surface area contributed by atoms with Crippen molar-refractivity contribution in [3.05, 3.63) is 76.3 Å². The van der Waals surface area contributed by atoms with Crippen LogP contribution in [0.25, 0.3) is 10.9 Å². The Morgan fingerprint density at radius 2 is 1.90 bits per heavy atom. The van der Waals surface area contributed by atoms with Gasteiger partial charge in [-0.05, 0) is 12.1 Å². The van der Waals surface area contributed by atoms with Gasteiger partial charge in [-0.3, -0.25) is 0 Å². The number of aromatic nitrogens is 1. The number of rotatable bonds is 4. The molecule has 0 saturated heterocycles. The summed E-state index contributed by atoms with van der Waals surface area (Å²) in [7, 11) is -3.79. The summed E-state index contributed by atoms with van der Waals surface area (Å²) in [4.78, 5) is 12.4. The Labute approximate surface area is 175 Å². The first-order chi connectivity index (χ1) is 14.2. The molecule has 1 aliphatic carbocycles. The molecule has 1 aromatic heterocycles. The molecule has 0 N–H and O–H groups in total. The van der Waals surface area contributed by atoms with Gasteiger partial charge >= 0.3 is 140 Å². The van der Waals surface area contributed by atoms with E-state index in [-0.39, 0.29) is 28.2 Å². The number of halogens is 2. The van der Waals surface area contributed by atoms with E-state index >= 15 is 0 Å². The molecular weight excluding hydrogens is 450 g/mol. The molecule has 0 radical (unpaired) electrons. The molecule has 0 aliphatic heterocycles. The van der Waals surface area contributed by atoms with Crippen molar-refractivity contribution in [3.8, 4) is 0 Å². The molecule has 10 heteroatoms. The van der Waals surface area contributed by atoms with Crippen molar-refractivity contribution in [2.75, 3.05) is 0 Å². The Kier molecular flexibility index (Phi) is 5.95. The van der Waals surface area contributed by atoms with Crippen LogP contribution in [-0.2, 0) is 14.1 Å². The van der Waals surface area contributed by atoms with Gasteiger partial charge in [0.25, 0.3) is 0 Å². The molecule has 2 aromatic carbocycles. The molecule has 3 atom stereocenters. The third kappa shape index (κ3) is 4.28. The van der Waals surface area contributed by atoms with Crippen LogP contribution in [-0.4, -0.2) is 13.0 Å². The van der Waals surface area contributed by atoms with Crippen molar-refractivity contribution >= 4 is 36.9 Å². The van der Waals surface area contributed by atoms with Gasteiger partial charge in [-0.25, -0.2) is 4.39 Å². The normalized spacial score (nSPS) is 19.8. The minimum atomic E-state index is -4.29. The molecule has 156 valence electrons. The Hall–Kier alpha value is -1.85. The molecule has 4 rings (SSSR count). The first-order valence-corrected chi connectivity index (χ1v) is 13.0. The van der Waals surface area contributed by atoms with Gasteiger partial charge in [0, 0.05) is 0 Å². The van der Waals surface area contributed by atoms with Gasteiger partial charge in [-0.1, -0.05) is 12.1 Å².